The molecule has 1 rings (SSSR count). The number of hydrogen-bond acceptors (Lipinski definition) is 4. The molecule has 0 spiro atoms. The highest BCUT2D eigenvalue weighted by Gasteiger charge is 2.12. The summed E-state index contributed by atoms with van der Waals surface area (Å²) < 4.78 is 29.6. The molecule has 14 heavy (non-hydrogen) atoms. The second kappa shape index (κ2) is 3.97. The lowest BCUT2D eigenvalue weighted by Gasteiger charge is -2.06. The molecule has 0 aliphatic rings. The largest absolute Gasteiger partial charge is 0.504 e. The molecule has 0 saturated heterocycles. The maximum Gasteiger partial charge on any atom is 0.320 e. The Morgan fingerprint density at radius 3 is 2.79 bits per heavy atom. The number of benzene rings is 1. The first-order valence-electron chi connectivity index (χ1n) is 5.62. The molecule has 0 aliphatic heterocycles. The summed E-state index contributed by atoms with van der Waals surface area (Å²) in [5.74, 6) is -3.54. The van der Waals surface area contributed by atoms with Gasteiger partial charge in [0.25, 0.3) is 0 Å². The van der Waals surface area contributed by atoms with E-state index >= 15 is 0 Å². The summed E-state index contributed by atoms with van der Waals surface area (Å²) in [5, 5.41) is 27.2. The molecule has 0 amide bonds. The van der Waals surface area contributed by atoms with Gasteiger partial charge in [-0.2, -0.15) is 0 Å². The average molecular weight is 201 g/mol. The molecule has 5 heteroatoms. The number of carbonyl (C=O) groups is 1. The normalized spacial score (nSPS) is 18.6. The van der Waals surface area contributed by atoms with E-state index in [1.54, 1.807) is 0 Å². The quantitative estimate of drug-likeness (QED) is 0.517. The Labute approximate surface area is 86.0 Å². The summed E-state index contributed by atoms with van der Waals surface area (Å²) >= 11 is 0. The summed E-state index contributed by atoms with van der Waals surface area (Å²) in [6, 6.07) is -4.59. The third-order valence-electron chi connectivity index (χ3n) is 1.47. The SMILES string of the molecule is [2H]c1c([2H])c(CC([2H])(N)C(=O)O)c([2H])c(O)c1O. The molecule has 0 radical (unpaired) electrons. The standard InChI is InChI=1S/C9H11NO4/c10-6(9(13)14)3-5-1-2-7(11)8(12)4-5/h1-2,4,6,11-12H,3,10H2,(H,13,14)/i1D,2D,4D,6D. The van der Waals surface area contributed by atoms with Crippen LogP contribution in [0.15, 0.2) is 18.1 Å². The van der Waals surface area contributed by atoms with E-state index in [-0.39, 0.29) is 5.56 Å². The van der Waals surface area contributed by atoms with Crippen LogP contribution in [0, 0.1) is 0 Å². The van der Waals surface area contributed by atoms with Crippen LogP contribution in [0.4, 0.5) is 0 Å². The molecule has 0 aliphatic carbocycles. The Kier molecular flexibility index (Phi) is 1.67. The zero-order chi connectivity index (χ0) is 14.2. The Morgan fingerprint density at radius 1 is 1.57 bits per heavy atom. The van der Waals surface area contributed by atoms with Crippen LogP contribution >= 0.6 is 0 Å². The van der Waals surface area contributed by atoms with Crippen molar-refractivity contribution in [3.05, 3.63) is 23.7 Å². The molecule has 0 bridgehead atoms. The predicted molar refractivity (Wildman–Crippen MR) is 49.1 cm³/mol. The van der Waals surface area contributed by atoms with Gasteiger partial charge in [0.05, 0.1) is 5.48 Å². The van der Waals surface area contributed by atoms with Gasteiger partial charge in [-0.1, -0.05) is 6.04 Å². The van der Waals surface area contributed by atoms with Crippen LogP contribution in [0.5, 0.6) is 11.5 Å². The minimum atomic E-state index is -2.48. The van der Waals surface area contributed by atoms with Crippen LogP contribution in [0.25, 0.3) is 0 Å². The average Bonchev–Trinajstić information content (AvgIpc) is 2.29. The van der Waals surface area contributed by atoms with Gasteiger partial charge in [0.1, 0.15) is 6.02 Å². The summed E-state index contributed by atoms with van der Waals surface area (Å²) in [6.07, 6.45) is -0.736. The number of aromatic hydroxyl groups is 2. The van der Waals surface area contributed by atoms with E-state index in [1.165, 1.54) is 0 Å². The Hall–Kier alpha value is -1.75. The molecular weight excluding hydrogens is 186 g/mol. The first-order chi connectivity index (χ1) is 8.09. The van der Waals surface area contributed by atoms with Crippen molar-refractivity contribution in [1.29, 1.82) is 0 Å². The van der Waals surface area contributed by atoms with Crippen molar-refractivity contribution in [1.82, 2.24) is 0 Å². The van der Waals surface area contributed by atoms with Gasteiger partial charge in [-0.15, -0.1) is 0 Å². The predicted octanol–water partition coefficient (Wildman–Crippen LogP) is 0.0522. The molecule has 5 N–H and O–H groups in total. The number of carboxylic acids is 1. The van der Waals surface area contributed by atoms with Crippen molar-refractivity contribution in [2.75, 3.05) is 0 Å². The number of rotatable bonds is 3. The van der Waals surface area contributed by atoms with Gasteiger partial charge >= 0.3 is 5.97 Å². The topological polar surface area (TPSA) is 104 Å². The lowest BCUT2D eigenvalue weighted by Crippen LogP contribution is -2.32. The molecule has 0 aromatic heterocycles. The van der Waals surface area contributed by atoms with Crippen LogP contribution in [-0.4, -0.2) is 27.3 Å². The van der Waals surface area contributed by atoms with Gasteiger partial charge in [0.15, 0.2) is 11.5 Å². The Morgan fingerprint density at radius 2 is 2.21 bits per heavy atom. The molecule has 1 aromatic rings. The first kappa shape index (κ1) is 5.87. The number of phenolic OH excluding ortho intramolecular Hbond substituents is 2. The summed E-state index contributed by atoms with van der Waals surface area (Å²) in [4.78, 5) is 10.7. The Bertz CT molecular complexity index is 489. The molecule has 1 atom stereocenters. The number of nitrogens with two attached hydrogens (primary N) is 1. The zero-order valence-corrected chi connectivity index (χ0v) is 7.03. The third-order valence-corrected chi connectivity index (χ3v) is 1.47. The highest BCUT2D eigenvalue weighted by atomic mass is 16.4. The molecule has 0 fully saturated rings. The molecule has 76 valence electrons. The van der Waals surface area contributed by atoms with Crippen molar-refractivity contribution in [2.24, 2.45) is 5.73 Å². The second-order valence-corrected chi connectivity index (χ2v) is 2.56. The minimum absolute atomic E-state index is 0.379. The minimum Gasteiger partial charge on any atom is -0.504 e. The van der Waals surface area contributed by atoms with Gasteiger partial charge in [-0.3, -0.25) is 4.79 Å². The van der Waals surface area contributed by atoms with Crippen molar-refractivity contribution in [2.45, 2.75) is 12.4 Å². The van der Waals surface area contributed by atoms with Crippen LogP contribution < -0.4 is 5.73 Å². The summed E-state index contributed by atoms with van der Waals surface area (Å²) in [6.45, 7) is 0. The van der Waals surface area contributed by atoms with E-state index in [2.05, 4.69) is 0 Å². The molecule has 1 unspecified atom stereocenters. The number of carboxylic acid groups (broad SMARTS) is 1. The Balaban J connectivity index is 3.39. The number of hydrogen-bond donors (Lipinski definition) is 4. The summed E-state index contributed by atoms with van der Waals surface area (Å²) in [5.41, 5.74) is 4.78. The second-order valence-electron chi connectivity index (χ2n) is 2.56. The van der Waals surface area contributed by atoms with Crippen molar-refractivity contribution >= 4 is 5.97 Å². The van der Waals surface area contributed by atoms with E-state index in [4.69, 9.17) is 16.3 Å². The summed E-state index contributed by atoms with van der Waals surface area (Å²) in [7, 11) is 0. The van der Waals surface area contributed by atoms with Crippen LogP contribution in [0.2, 0.25) is 0 Å². The monoisotopic (exact) mass is 201 g/mol. The van der Waals surface area contributed by atoms with Gasteiger partial charge < -0.3 is 21.1 Å². The smallest absolute Gasteiger partial charge is 0.320 e. The zero-order valence-electron chi connectivity index (χ0n) is 11.0. The third kappa shape index (κ3) is 2.37. The molecule has 0 saturated carbocycles. The van der Waals surface area contributed by atoms with E-state index in [0.717, 1.165) is 0 Å². The highest BCUT2D eigenvalue weighted by molar-refractivity contribution is 5.73. The maximum absolute atomic E-state index is 10.7. The fraction of sp³-hybridized carbons (Fsp3) is 0.222. The van der Waals surface area contributed by atoms with Crippen molar-refractivity contribution in [3.8, 4) is 11.5 Å². The van der Waals surface area contributed by atoms with E-state index in [9.17, 15) is 15.0 Å². The first-order valence-corrected chi connectivity index (χ1v) is 3.62. The van der Waals surface area contributed by atoms with Gasteiger partial charge in [-0.25, -0.2) is 0 Å². The van der Waals surface area contributed by atoms with Crippen molar-refractivity contribution in [3.63, 3.8) is 0 Å². The lowest BCUT2D eigenvalue weighted by atomic mass is 10.1. The molecule has 0 heterocycles. The molecular formula is C9H11NO4. The van der Waals surface area contributed by atoms with Gasteiger partial charge in [0, 0.05) is 0 Å². The molecule has 5 nitrogen and oxygen atoms in total. The van der Waals surface area contributed by atoms with Gasteiger partial charge in [0.2, 0.25) is 0 Å². The maximum atomic E-state index is 10.7. The van der Waals surface area contributed by atoms with Crippen LogP contribution in [0.1, 0.15) is 11.0 Å². The molecule has 1 aromatic carbocycles. The van der Waals surface area contributed by atoms with Crippen molar-refractivity contribution < 1.29 is 25.6 Å². The van der Waals surface area contributed by atoms with E-state index in [1.807, 2.05) is 0 Å². The van der Waals surface area contributed by atoms with E-state index < -0.39 is 48.0 Å². The highest BCUT2D eigenvalue weighted by Crippen LogP contribution is 2.25. The van der Waals surface area contributed by atoms with E-state index in [0.29, 0.717) is 0 Å². The number of aliphatic carboxylic acids is 1. The fourth-order valence-electron chi connectivity index (χ4n) is 0.782. The lowest BCUT2D eigenvalue weighted by molar-refractivity contribution is -0.138. The van der Waals surface area contributed by atoms with Crippen LogP contribution in [-0.2, 0) is 11.2 Å². The number of phenols is 2. The fourth-order valence-corrected chi connectivity index (χ4v) is 0.782. The van der Waals surface area contributed by atoms with Crippen LogP contribution in [0.3, 0.4) is 0 Å². The van der Waals surface area contributed by atoms with Gasteiger partial charge in [-0.05, 0) is 24.1 Å².